The van der Waals surface area contributed by atoms with Crippen LogP contribution >= 0.6 is 0 Å². The fraction of sp³-hybridized carbons (Fsp3) is 0.267. The largest absolute Gasteiger partial charge is 0.354 e. The molecule has 0 aliphatic rings. The minimum atomic E-state index is 0.444. The Balaban J connectivity index is 2.69. The molecule has 2 nitrogen and oxygen atoms in total. The molecule has 0 saturated carbocycles. The van der Waals surface area contributed by atoms with E-state index < -0.39 is 0 Å². The van der Waals surface area contributed by atoms with Crippen LogP contribution in [-0.4, -0.2) is 9.97 Å². The van der Waals surface area contributed by atoms with E-state index in [0.29, 0.717) is 5.92 Å². The van der Waals surface area contributed by atoms with Gasteiger partial charge in [-0.1, -0.05) is 32.6 Å². The molecule has 0 saturated heterocycles. The lowest BCUT2D eigenvalue weighted by molar-refractivity contribution is 0.826. The fourth-order valence-corrected chi connectivity index (χ4v) is 1.97. The van der Waals surface area contributed by atoms with Gasteiger partial charge in [-0.25, -0.2) is 0 Å². The summed E-state index contributed by atoms with van der Waals surface area (Å²) < 4.78 is 0. The number of aromatic nitrogens is 2. The van der Waals surface area contributed by atoms with Crippen LogP contribution in [0.25, 0.3) is 23.1 Å². The summed E-state index contributed by atoms with van der Waals surface area (Å²) in [6.45, 7) is 10.2. The van der Waals surface area contributed by atoms with E-state index in [2.05, 4.69) is 42.5 Å². The SMILES string of the molecule is C=Cc1[nH]c2cc(C(C)C)ncc2c1/C=C\C. The van der Waals surface area contributed by atoms with E-state index in [-0.39, 0.29) is 0 Å². The second-order valence-electron chi connectivity index (χ2n) is 4.47. The third-order valence-corrected chi connectivity index (χ3v) is 2.90. The van der Waals surface area contributed by atoms with Crippen molar-refractivity contribution in [2.24, 2.45) is 0 Å². The van der Waals surface area contributed by atoms with E-state index in [0.717, 1.165) is 22.3 Å². The van der Waals surface area contributed by atoms with Crippen molar-refractivity contribution in [3.05, 3.63) is 41.9 Å². The highest BCUT2D eigenvalue weighted by molar-refractivity contribution is 5.92. The van der Waals surface area contributed by atoms with Gasteiger partial charge in [-0.05, 0) is 25.0 Å². The van der Waals surface area contributed by atoms with Gasteiger partial charge in [-0.3, -0.25) is 4.98 Å². The molecular formula is C15H18N2. The molecule has 0 bridgehead atoms. The monoisotopic (exact) mass is 226 g/mol. The zero-order chi connectivity index (χ0) is 12.4. The summed E-state index contributed by atoms with van der Waals surface area (Å²) in [5.41, 5.74) is 4.47. The number of nitrogens with zero attached hydrogens (tertiary/aromatic N) is 1. The Morgan fingerprint density at radius 1 is 1.41 bits per heavy atom. The molecule has 17 heavy (non-hydrogen) atoms. The minimum absolute atomic E-state index is 0.444. The van der Waals surface area contributed by atoms with Gasteiger partial charge in [-0.15, -0.1) is 0 Å². The van der Waals surface area contributed by atoms with E-state index in [9.17, 15) is 0 Å². The molecule has 0 unspecified atom stereocenters. The zero-order valence-electron chi connectivity index (χ0n) is 10.6. The highest BCUT2D eigenvalue weighted by Gasteiger charge is 2.09. The average molecular weight is 226 g/mol. The summed E-state index contributed by atoms with van der Waals surface area (Å²) >= 11 is 0. The number of H-pyrrole nitrogens is 1. The van der Waals surface area contributed by atoms with Crippen LogP contribution in [-0.2, 0) is 0 Å². The van der Waals surface area contributed by atoms with Gasteiger partial charge in [0.15, 0.2) is 0 Å². The van der Waals surface area contributed by atoms with E-state index >= 15 is 0 Å². The van der Waals surface area contributed by atoms with Gasteiger partial charge in [0.05, 0.1) is 0 Å². The van der Waals surface area contributed by atoms with Gasteiger partial charge in [0.1, 0.15) is 0 Å². The van der Waals surface area contributed by atoms with Crippen LogP contribution in [0.4, 0.5) is 0 Å². The first kappa shape index (κ1) is 11.6. The number of pyridine rings is 1. The lowest BCUT2D eigenvalue weighted by Crippen LogP contribution is -1.91. The quantitative estimate of drug-likeness (QED) is 0.827. The first-order valence-electron chi connectivity index (χ1n) is 5.94. The van der Waals surface area contributed by atoms with Crippen molar-refractivity contribution in [3.8, 4) is 0 Å². The Kier molecular flexibility index (Phi) is 3.14. The Morgan fingerprint density at radius 3 is 2.76 bits per heavy atom. The summed E-state index contributed by atoms with van der Waals surface area (Å²) in [7, 11) is 0. The highest BCUT2D eigenvalue weighted by atomic mass is 14.8. The van der Waals surface area contributed by atoms with Crippen molar-refractivity contribution >= 4 is 23.1 Å². The predicted octanol–water partition coefficient (Wildman–Crippen LogP) is 4.36. The number of rotatable bonds is 3. The fourth-order valence-electron chi connectivity index (χ4n) is 1.97. The molecule has 1 N–H and O–H groups in total. The smallest absolute Gasteiger partial charge is 0.0498 e. The predicted molar refractivity (Wildman–Crippen MR) is 75.0 cm³/mol. The van der Waals surface area contributed by atoms with Gasteiger partial charge in [-0.2, -0.15) is 0 Å². The summed E-state index contributed by atoms with van der Waals surface area (Å²) in [4.78, 5) is 7.89. The van der Waals surface area contributed by atoms with Crippen molar-refractivity contribution in [1.29, 1.82) is 0 Å². The summed E-state index contributed by atoms with van der Waals surface area (Å²) in [6.07, 6.45) is 7.92. The van der Waals surface area contributed by atoms with Crippen LogP contribution in [0.5, 0.6) is 0 Å². The standard InChI is InChI=1S/C15H18N2/c1-5-7-11-12-9-16-14(10(3)4)8-15(12)17-13(11)6-2/h5-10,17H,2H2,1,3-4H3/b7-5-. The molecular weight excluding hydrogens is 208 g/mol. The molecule has 2 heteroatoms. The van der Waals surface area contributed by atoms with E-state index in [1.165, 1.54) is 5.56 Å². The maximum Gasteiger partial charge on any atom is 0.0498 e. The lowest BCUT2D eigenvalue weighted by atomic mass is 10.1. The van der Waals surface area contributed by atoms with Gasteiger partial charge in [0, 0.05) is 34.1 Å². The van der Waals surface area contributed by atoms with Crippen LogP contribution in [0.15, 0.2) is 24.9 Å². The number of fused-ring (bicyclic) bond motifs is 1. The number of nitrogens with one attached hydrogen (secondary N) is 1. The van der Waals surface area contributed by atoms with Crippen LogP contribution in [0.1, 0.15) is 43.6 Å². The van der Waals surface area contributed by atoms with Crippen molar-refractivity contribution in [2.45, 2.75) is 26.7 Å². The van der Waals surface area contributed by atoms with E-state index in [4.69, 9.17) is 0 Å². The van der Waals surface area contributed by atoms with E-state index in [1.807, 2.05) is 25.3 Å². The Labute approximate surface area is 102 Å². The molecule has 0 aliphatic carbocycles. The van der Waals surface area contributed by atoms with Crippen molar-refractivity contribution in [1.82, 2.24) is 9.97 Å². The third kappa shape index (κ3) is 2.03. The Bertz CT molecular complexity index is 574. The van der Waals surface area contributed by atoms with Gasteiger partial charge in [0.25, 0.3) is 0 Å². The number of hydrogen-bond acceptors (Lipinski definition) is 1. The molecule has 2 rings (SSSR count). The van der Waals surface area contributed by atoms with Crippen molar-refractivity contribution in [3.63, 3.8) is 0 Å². The van der Waals surface area contributed by atoms with Gasteiger partial charge < -0.3 is 4.98 Å². The van der Waals surface area contributed by atoms with Crippen LogP contribution in [0.2, 0.25) is 0 Å². The number of hydrogen-bond donors (Lipinski definition) is 1. The summed E-state index contributed by atoms with van der Waals surface area (Å²) in [6, 6.07) is 2.12. The maximum absolute atomic E-state index is 4.51. The van der Waals surface area contributed by atoms with Crippen molar-refractivity contribution < 1.29 is 0 Å². The van der Waals surface area contributed by atoms with Gasteiger partial charge >= 0.3 is 0 Å². The molecule has 0 radical (unpaired) electrons. The van der Waals surface area contributed by atoms with Gasteiger partial charge in [0.2, 0.25) is 0 Å². The molecule has 2 aromatic rings. The second kappa shape index (κ2) is 4.58. The van der Waals surface area contributed by atoms with Crippen LogP contribution < -0.4 is 0 Å². The second-order valence-corrected chi connectivity index (χ2v) is 4.47. The van der Waals surface area contributed by atoms with Crippen molar-refractivity contribution in [2.75, 3.05) is 0 Å². The zero-order valence-corrected chi connectivity index (χ0v) is 10.6. The molecule has 2 aromatic heterocycles. The lowest BCUT2D eigenvalue weighted by Gasteiger charge is -2.03. The Morgan fingerprint density at radius 2 is 2.18 bits per heavy atom. The molecule has 0 fully saturated rings. The first-order chi connectivity index (χ1) is 8.17. The highest BCUT2D eigenvalue weighted by Crippen LogP contribution is 2.26. The molecule has 88 valence electrons. The first-order valence-corrected chi connectivity index (χ1v) is 5.94. The summed E-state index contributed by atoms with van der Waals surface area (Å²) in [5, 5.41) is 1.16. The average Bonchev–Trinajstić information content (AvgIpc) is 2.67. The number of aromatic amines is 1. The van der Waals surface area contributed by atoms with E-state index in [1.54, 1.807) is 0 Å². The minimum Gasteiger partial charge on any atom is -0.354 e. The third-order valence-electron chi connectivity index (χ3n) is 2.90. The summed E-state index contributed by atoms with van der Waals surface area (Å²) in [5.74, 6) is 0.444. The molecule has 0 amide bonds. The van der Waals surface area contributed by atoms with Crippen LogP contribution in [0.3, 0.4) is 0 Å². The topological polar surface area (TPSA) is 28.7 Å². The Hall–Kier alpha value is -1.83. The molecule has 0 aromatic carbocycles. The normalized spacial score (nSPS) is 11.8. The maximum atomic E-state index is 4.51. The number of allylic oxidation sites excluding steroid dienone is 1. The molecule has 2 heterocycles. The molecule has 0 atom stereocenters. The molecule has 0 spiro atoms. The van der Waals surface area contributed by atoms with Crippen LogP contribution in [0, 0.1) is 0 Å². The molecule has 0 aliphatic heterocycles.